The maximum Gasteiger partial charge on any atom is 0.201 e. The zero-order valence-electron chi connectivity index (χ0n) is 10.8. The van der Waals surface area contributed by atoms with Gasteiger partial charge in [-0.05, 0) is 31.5 Å². The van der Waals surface area contributed by atoms with E-state index < -0.39 is 0 Å². The number of aromatic nitrogens is 2. The van der Waals surface area contributed by atoms with Gasteiger partial charge in [-0.15, -0.1) is 0 Å². The van der Waals surface area contributed by atoms with Gasteiger partial charge in [0.05, 0.1) is 11.0 Å². The van der Waals surface area contributed by atoms with Crippen LogP contribution >= 0.6 is 0 Å². The Morgan fingerprint density at radius 3 is 2.83 bits per heavy atom. The number of rotatable bonds is 3. The summed E-state index contributed by atoms with van der Waals surface area (Å²) in [4.78, 5) is 10.4. The first-order chi connectivity index (χ1) is 8.85. The van der Waals surface area contributed by atoms with Crippen LogP contribution < -0.4 is 5.32 Å². The number of H-pyrrole nitrogens is 1. The summed E-state index contributed by atoms with van der Waals surface area (Å²) in [5.41, 5.74) is 2.14. The van der Waals surface area contributed by atoms with Crippen molar-refractivity contribution >= 4 is 17.0 Å². The van der Waals surface area contributed by atoms with E-state index in [4.69, 9.17) is 0 Å². The fraction of sp³-hybridized carbons (Fsp3) is 0.500. The third-order valence-corrected chi connectivity index (χ3v) is 3.77. The molecule has 1 aliphatic rings. The van der Waals surface area contributed by atoms with Crippen molar-refractivity contribution in [3.05, 3.63) is 24.3 Å². The van der Waals surface area contributed by atoms with Crippen molar-refractivity contribution in [3.8, 4) is 0 Å². The lowest BCUT2D eigenvalue weighted by molar-refractivity contribution is 0.229. The van der Waals surface area contributed by atoms with Crippen LogP contribution in [0.15, 0.2) is 24.3 Å². The van der Waals surface area contributed by atoms with Gasteiger partial charge in [0.15, 0.2) is 0 Å². The van der Waals surface area contributed by atoms with Crippen LogP contribution in [-0.4, -0.2) is 40.5 Å². The summed E-state index contributed by atoms with van der Waals surface area (Å²) in [6.45, 7) is 5.77. The second-order valence-electron chi connectivity index (χ2n) is 4.96. The Kier molecular flexibility index (Phi) is 3.19. The third kappa shape index (κ3) is 2.34. The normalized spacial score (nSPS) is 18.3. The van der Waals surface area contributed by atoms with E-state index in [0.717, 1.165) is 23.5 Å². The van der Waals surface area contributed by atoms with Gasteiger partial charge in [-0.25, -0.2) is 4.98 Å². The maximum atomic E-state index is 4.57. The van der Waals surface area contributed by atoms with Crippen molar-refractivity contribution in [3.63, 3.8) is 0 Å². The Labute approximate surface area is 107 Å². The summed E-state index contributed by atoms with van der Waals surface area (Å²) >= 11 is 0. The van der Waals surface area contributed by atoms with E-state index in [1.54, 1.807) is 0 Å². The molecule has 2 N–H and O–H groups in total. The lowest BCUT2D eigenvalue weighted by atomic mass is 10.1. The zero-order chi connectivity index (χ0) is 12.4. The molecule has 0 unspecified atom stereocenters. The van der Waals surface area contributed by atoms with Crippen LogP contribution in [0.4, 0.5) is 5.95 Å². The summed E-state index contributed by atoms with van der Waals surface area (Å²) in [7, 11) is 0. The quantitative estimate of drug-likeness (QED) is 0.871. The molecule has 1 aliphatic heterocycles. The second-order valence-corrected chi connectivity index (χ2v) is 4.96. The largest absolute Gasteiger partial charge is 0.353 e. The molecule has 18 heavy (non-hydrogen) atoms. The van der Waals surface area contributed by atoms with E-state index in [1.165, 1.54) is 25.9 Å². The number of aromatic amines is 1. The highest BCUT2D eigenvalue weighted by Gasteiger charge is 2.18. The molecule has 1 aromatic carbocycles. The van der Waals surface area contributed by atoms with E-state index in [1.807, 2.05) is 18.2 Å². The molecule has 0 atom stereocenters. The third-order valence-electron chi connectivity index (χ3n) is 3.77. The first kappa shape index (κ1) is 11.5. The van der Waals surface area contributed by atoms with E-state index >= 15 is 0 Å². The number of nitrogens with one attached hydrogen (secondary N) is 2. The molecule has 0 radical (unpaired) electrons. The van der Waals surface area contributed by atoms with E-state index in [2.05, 4.69) is 33.2 Å². The van der Waals surface area contributed by atoms with Gasteiger partial charge in [0.1, 0.15) is 0 Å². The number of anilines is 1. The summed E-state index contributed by atoms with van der Waals surface area (Å²) in [6, 6.07) is 8.70. The number of para-hydroxylation sites is 2. The number of hydrogen-bond donors (Lipinski definition) is 2. The van der Waals surface area contributed by atoms with Gasteiger partial charge in [-0.2, -0.15) is 0 Å². The van der Waals surface area contributed by atoms with Crippen molar-refractivity contribution in [2.45, 2.75) is 25.8 Å². The van der Waals surface area contributed by atoms with Crippen molar-refractivity contribution < 1.29 is 0 Å². The van der Waals surface area contributed by atoms with E-state index in [9.17, 15) is 0 Å². The van der Waals surface area contributed by atoms with Crippen LogP contribution in [-0.2, 0) is 0 Å². The number of likely N-dealkylation sites (tertiary alicyclic amines) is 1. The molecule has 3 rings (SSSR count). The molecule has 96 valence electrons. The van der Waals surface area contributed by atoms with Crippen LogP contribution in [0.1, 0.15) is 19.8 Å². The monoisotopic (exact) mass is 244 g/mol. The summed E-state index contributed by atoms with van der Waals surface area (Å²) in [5, 5.41) is 3.52. The minimum atomic E-state index is 0.549. The fourth-order valence-electron chi connectivity index (χ4n) is 2.61. The van der Waals surface area contributed by atoms with Gasteiger partial charge in [-0.3, -0.25) is 0 Å². The van der Waals surface area contributed by atoms with Crippen molar-refractivity contribution in [2.24, 2.45) is 0 Å². The van der Waals surface area contributed by atoms with Crippen molar-refractivity contribution in [2.75, 3.05) is 25.0 Å². The van der Waals surface area contributed by atoms with E-state index in [-0.39, 0.29) is 0 Å². The van der Waals surface area contributed by atoms with Crippen molar-refractivity contribution in [1.29, 1.82) is 0 Å². The second kappa shape index (κ2) is 4.98. The summed E-state index contributed by atoms with van der Waals surface area (Å²) < 4.78 is 0. The molecular weight excluding hydrogens is 224 g/mol. The molecule has 2 aromatic rings. The molecule has 4 heteroatoms. The number of hydrogen-bond acceptors (Lipinski definition) is 3. The highest BCUT2D eigenvalue weighted by atomic mass is 15.2. The average Bonchev–Trinajstić information content (AvgIpc) is 2.82. The van der Waals surface area contributed by atoms with Crippen LogP contribution in [0.3, 0.4) is 0 Å². The van der Waals surface area contributed by atoms with Gasteiger partial charge >= 0.3 is 0 Å². The lowest BCUT2D eigenvalue weighted by Gasteiger charge is -2.31. The number of benzene rings is 1. The van der Waals surface area contributed by atoms with Crippen LogP contribution in [0.2, 0.25) is 0 Å². The number of imidazole rings is 1. The van der Waals surface area contributed by atoms with Crippen LogP contribution in [0.25, 0.3) is 11.0 Å². The van der Waals surface area contributed by atoms with Crippen molar-refractivity contribution in [1.82, 2.24) is 14.9 Å². The molecule has 4 nitrogen and oxygen atoms in total. The van der Waals surface area contributed by atoms with Gasteiger partial charge in [0.25, 0.3) is 0 Å². The Bertz CT molecular complexity index is 478. The molecule has 0 spiro atoms. The summed E-state index contributed by atoms with van der Waals surface area (Å²) in [6.07, 6.45) is 2.40. The minimum Gasteiger partial charge on any atom is -0.353 e. The first-order valence-corrected chi connectivity index (χ1v) is 6.79. The number of piperidine rings is 1. The highest BCUT2D eigenvalue weighted by Crippen LogP contribution is 2.17. The molecule has 0 saturated carbocycles. The molecule has 0 amide bonds. The SMILES string of the molecule is CCN1CCC(Nc2nc3ccccc3[nH]2)CC1. The van der Waals surface area contributed by atoms with Gasteiger partial charge < -0.3 is 15.2 Å². The fourth-order valence-corrected chi connectivity index (χ4v) is 2.61. The maximum absolute atomic E-state index is 4.57. The molecule has 0 aliphatic carbocycles. The zero-order valence-corrected chi connectivity index (χ0v) is 10.8. The van der Waals surface area contributed by atoms with Gasteiger partial charge in [0.2, 0.25) is 5.95 Å². The molecule has 2 heterocycles. The van der Waals surface area contributed by atoms with Crippen LogP contribution in [0.5, 0.6) is 0 Å². The molecule has 1 saturated heterocycles. The number of fused-ring (bicyclic) bond motifs is 1. The molecular formula is C14H20N4. The predicted octanol–water partition coefficient (Wildman–Crippen LogP) is 2.46. The first-order valence-electron chi connectivity index (χ1n) is 6.79. The Balaban J connectivity index is 1.66. The molecule has 1 fully saturated rings. The predicted molar refractivity (Wildman–Crippen MR) is 74.9 cm³/mol. The average molecular weight is 244 g/mol. The Hall–Kier alpha value is -1.55. The highest BCUT2D eigenvalue weighted by molar-refractivity contribution is 5.77. The van der Waals surface area contributed by atoms with E-state index in [0.29, 0.717) is 6.04 Å². The molecule has 0 bridgehead atoms. The standard InChI is InChI=1S/C14H20N4/c1-2-18-9-7-11(8-10-18)15-14-16-12-5-3-4-6-13(12)17-14/h3-6,11H,2,7-10H2,1H3,(H2,15,16,17). The Morgan fingerprint density at radius 1 is 1.33 bits per heavy atom. The minimum absolute atomic E-state index is 0.549. The topological polar surface area (TPSA) is 44.0 Å². The van der Waals surface area contributed by atoms with Gasteiger partial charge in [-0.1, -0.05) is 19.1 Å². The lowest BCUT2D eigenvalue weighted by Crippen LogP contribution is -2.39. The van der Waals surface area contributed by atoms with Gasteiger partial charge in [0, 0.05) is 19.1 Å². The smallest absolute Gasteiger partial charge is 0.201 e. The Morgan fingerprint density at radius 2 is 2.11 bits per heavy atom. The summed E-state index contributed by atoms with van der Waals surface area (Å²) in [5.74, 6) is 0.908. The number of nitrogens with zero attached hydrogens (tertiary/aromatic N) is 2. The van der Waals surface area contributed by atoms with Crippen LogP contribution in [0, 0.1) is 0 Å². The molecule has 1 aromatic heterocycles.